The Morgan fingerprint density at radius 1 is 1.24 bits per heavy atom. The molecular weight excluding hydrogens is 287 g/mol. The number of rotatable bonds is 2. The van der Waals surface area contributed by atoms with E-state index in [4.69, 9.17) is 20.4 Å². The zero-order valence-corrected chi connectivity index (χ0v) is 11.3. The van der Waals surface area contributed by atoms with E-state index in [1.165, 1.54) is 6.42 Å². The van der Waals surface area contributed by atoms with E-state index in [0.717, 1.165) is 25.0 Å². The highest BCUT2D eigenvalue weighted by atomic mass is 19.4. The fourth-order valence-electron chi connectivity index (χ4n) is 1.98. The molecule has 1 aromatic carbocycles. The molecule has 1 aliphatic carbocycles. The largest absolute Gasteiger partial charge is 0.490 e. The smallest absolute Gasteiger partial charge is 0.490 e. The van der Waals surface area contributed by atoms with E-state index in [-0.39, 0.29) is 0 Å². The second-order valence-corrected chi connectivity index (χ2v) is 4.78. The first kappa shape index (κ1) is 17.3. The lowest BCUT2D eigenvalue weighted by atomic mass is 9.93. The van der Waals surface area contributed by atoms with Crippen molar-refractivity contribution >= 4 is 5.97 Å². The minimum absolute atomic E-state index is 0.321. The molecule has 0 amide bonds. The molecule has 1 saturated carbocycles. The highest BCUT2D eigenvalue weighted by Crippen LogP contribution is 2.22. The fraction of sp³-hybridized carbons (Fsp3) is 0.500. The van der Waals surface area contributed by atoms with Gasteiger partial charge in [-0.05, 0) is 37.8 Å². The van der Waals surface area contributed by atoms with E-state index < -0.39 is 12.1 Å². The van der Waals surface area contributed by atoms with Gasteiger partial charge in [-0.25, -0.2) is 4.79 Å². The number of hydrogen-bond donors (Lipinski definition) is 2. The summed E-state index contributed by atoms with van der Waals surface area (Å²) < 4.78 is 37.6. The molecule has 0 aliphatic heterocycles. The third kappa shape index (κ3) is 6.99. The number of alkyl halides is 3. The van der Waals surface area contributed by atoms with E-state index >= 15 is 0 Å². The van der Waals surface area contributed by atoms with Crippen LogP contribution in [0.5, 0.6) is 5.75 Å². The number of hydrogen-bond acceptors (Lipinski definition) is 3. The summed E-state index contributed by atoms with van der Waals surface area (Å²) >= 11 is 0. The Morgan fingerprint density at radius 3 is 2.29 bits per heavy atom. The van der Waals surface area contributed by atoms with Gasteiger partial charge < -0.3 is 15.6 Å². The van der Waals surface area contributed by atoms with Crippen LogP contribution in [0.15, 0.2) is 30.3 Å². The lowest BCUT2D eigenvalue weighted by molar-refractivity contribution is -0.192. The first-order chi connectivity index (χ1) is 9.79. The van der Waals surface area contributed by atoms with Crippen molar-refractivity contribution in [3.63, 3.8) is 0 Å². The van der Waals surface area contributed by atoms with Crippen molar-refractivity contribution in [1.82, 2.24) is 0 Å². The quantitative estimate of drug-likeness (QED) is 0.881. The van der Waals surface area contributed by atoms with Gasteiger partial charge in [-0.2, -0.15) is 13.2 Å². The van der Waals surface area contributed by atoms with Crippen molar-refractivity contribution in [2.24, 2.45) is 5.73 Å². The first-order valence-corrected chi connectivity index (χ1v) is 6.56. The molecule has 4 nitrogen and oxygen atoms in total. The van der Waals surface area contributed by atoms with Crippen molar-refractivity contribution < 1.29 is 27.8 Å². The van der Waals surface area contributed by atoms with Crippen molar-refractivity contribution in [1.29, 1.82) is 0 Å². The maximum atomic E-state index is 10.6. The number of benzene rings is 1. The van der Waals surface area contributed by atoms with Crippen LogP contribution in [0, 0.1) is 0 Å². The molecular formula is C14H18F3NO3. The Bertz CT molecular complexity index is 437. The normalized spacial score (nSPS) is 21.9. The van der Waals surface area contributed by atoms with Crippen LogP contribution in [-0.2, 0) is 4.79 Å². The van der Waals surface area contributed by atoms with Gasteiger partial charge in [0.05, 0.1) is 0 Å². The second-order valence-electron chi connectivity index (χ2n) is 4.78. The van der Waals surface area contributed by atoms with Gasteiger partial charge >= 0.3 is 12.1 Å². The SMILES string of the molecule is N[C@@H]1CCC[C@H](Oc2ccccc2)C1.O=C(O)C(F)(F)F. The van der Waals surface area contributed by atoms with Crippen LogP contribution in [0.2, 0.25) is 0 Å². The third-order valence-corrected chi connectivity index (χ3v) is 2.96. The zero-order valence-electron chi connectivity index (χ0n) is 11.3. The van der Waals surface area contributed by atoms with Crippen molar-refractivity contribution in [3.05, 3.63) is 30.3 Å². The summed E-state index contributed by atoms with van der Waals surface area (Å²) in [5, 5.41) is 7.12. The zero-order chi connectivity index (χ0) is 15.9. The van der Waals surface area contributed by atoms with Crippen LogP contribution in [0.1, 0.15) is 25.7 Å². The van der Waals surface area contributed by atoms with Gasteiger partial charge in [-0.15, -0.1) is 0 Å². The van der Waals surface area contributed by atoms with Gasteiger partial charge in [-0.1, -0.05) is 18.2 Å². The molecule has 2 rings (SSSR count). The number of ether oxygens (including phenoxy) is 1. The van der Waals surface area contributed by atoms with Gasteiger partial charge in [0, 0.05) is 6.04 Å². The van der Waals surface area contributed by atoms with Crippen LogP contribution in [0.25, 0.3) is 0 Å². The number of carboxylic acid groups (broad SMARTS) is 1. The van der Waals surface area contributed by atoms with E-state index in [0.29, 0.717) is 12.1 Å². The monoisotopic (exact) mass is 305 g/mol. The minimum Gasteiger partial charge on any atom is -0.490 e. The lowest BCUT2D eigenvalue weighted by Gasteiger charge is -2.27. The Morgan fingerprint density at radius 2 is 1.81 bits per heavy atom. The minimum atomic E-state index is -5.08. The molecule has 1 fully saturated rings. The van der Waals surface area contributed by atoms with Crippen molar-refractivity contribution in [2.45, 2.75) is 44.0 Å². The number of para-hydroxylation sites is 1. The molecule has 0 spiro atoms. The maximum Gasteiger partial charge on any atom is 0.490 e. The Hall–Kier alpha value is -1.76. The van der Waals surface area contributed by atoms with Crippen molar-refractivity contribution in [2.75, 3.05) is 0 Å². The summed E-state index contributed by atoms with van der Waals surface area (Å²) in [6, 6.07) is 10.3. The molecule has 0 radical (unpaired) electrons. The molecule has 0 heterocycles. The Kier molecular flexibility index (Phi) is 6.48. The van der Waals surface area contributed by atoms with Crippen LogP contribution >= 0.6 is 0 Å². The molecule has 1 aliphatic rings. The predicted molar refractivity (Wildman–Crippen MR) is 71.0 cm³/mol. The predicted octanol–water partition coefficient (Wildman–Crippen LogP) is 2.97. The van der Waals surface area contributed by atoms with Crippen LogP contribution in [0.3, 0.4) is 0 Å². The summed E-state index contributed by atoms with van der Waals surface area (Å²) in [4.78, 5) is 8.90. The molecule has 21 heavy (non-hydrogen) atoms. The molecule has 0 aromatic heterocycles. The number of carboxylic acids is 1. The number of halogens is 3. The van der Waals surface area contributed by atoms with E-state index in [2.05, 4.69) is 0 Å². The average molecular weight is 305 g/mol. The summed E-state index contributed by atoms with van der Waals surface area (Å²) in [6.45, 7) is 0. The Balaban J connectivity index is 0.000000270. The highest BCUT2D eigenvalue weighted by molar-refractivity contribution is 5.73. The van der Waals surface area contributed by atoms with Crippen LogP contribution < -0.4 is 10.5 Å². The van der Waals surface area contributed by atoms with E-state index in [1.807, 2.05) is 30.3 Å². The topological polar surface area (TPSA) is 72.5 Å². The second kappa shape index (κ2) is 7.87. The number of aliphatic carboxylic acids is 1. The number of nitrogens with two attached hydrogens (primary N) is 1. The van der Waals surface area contributed by atoms with Gasteiger partial charge in [0.2, 0.25) is 0 Å². The maximum absolute atomic E-state index is 10.6. The standard InChI is InChI=1S/C12H17NO.C2HF3O2/c13-10-5-4-8-12(9-10)14-11-6-2-1-3-7-11;3-2(4,5)1(6)7/h1-3,6-7,10,12H,4-5,8-9,13H2;(H,6,7)/t10-,12+;/m1./s1. The molecule has 0 saturated heterocycles. The fourth-order valence-corrected chi connectivity index (χ4v) is 1.98. The molecule has 0 bridgehead atoms. The molecule has 2 atom stereocenters. The molecule has 118 valence electrons. The van der Waals surface area contributed by atoms with E-state index in [1.54, 1.807) is 0 Å². The van der Waals surface area contributed by atoms with Crippen molar-refractivity contribution in [3.8, 4) is 5.75 Å². The molecule has 3 N–H and O–H groups in total. The summed E-state index contributed by atoms with van der Waals surface area (Å²) in [6.07, 6.45) is -0.286. The van der Waals surface area contributed by atoms with Gasteiger partial charge in [0.15, 0.2) is 0 Å². The van der Waals surface area contributed by atoms with Gasteiger partial charge in [-0.3, -0.25) is 0 Å². The summed E-state index contributed by atoms with van der Waals surface area (Å²) in [7, 11) is 0. The molecule has 0 unspecified atom stereocenters. The third-order valence-electron chi connectivity index (χ3n) is 2.96. The first-order valence-electron chi connectivity index (χ1n) is 6.56. The van der Waals surface area contributed by atoms with Crippen LogP contribution in [-0.4, -0.2) is 29.4 Å². The van der Waals surface area contributed by atoms with E-state index in [9.17, 15) is 13.2 Å². The number of carbonyl (C=O) groups is 1. The van der Waals surface area contributed by atoms with Gasteiger partial charge in [0.25, 0.3) is 0 Å². The van der Waals surface area contributed by atoms with Crippen LogP contribution in [0.4, 0.5) is 13.2 Å². The average Bonchev–Trinajstić information content (AvgIpc) is 2.39. The molecule has 7 heteroatoms. The van der Waals surface area contributed by atoms with Gasteiger partial charge in [0.1, 0.15) is 11.9 Å². The summed E-state index contributed by atoms with van der Waals surface area (Å²) in [5.41, 5.74) is 5.90. The lowest BCUT2D eigenvalue weighted by Crippen LogP contribution is -2.33. The Labute approximate surface area is 120 Å². The summed E-state index contributed by atoms with van der Waals surface area (Å²) in [5.74, 6) is -1.79. The molecule has 1 aromatic rings. The highest BCUT2D eigenvalue weighted by Gasteiger charge is 2.38.